The van der Waals surface area contributed by atoms with E-state index in [9.17, 15) is 0 Å². The Bertz CT molecular complexity index is 134. The van der Waals surface area contributed by atoms with Crippen LogP contribution in [0.15, 0.2) is 0 Å². The number of nitrogens with one attached hydrogen (secondary N) is 1. The second-order valence-electron chi connectivity index (χ2n) is 2.28. The van der Waals surface area contributed by atoms with Crippen LogP contribution in [-0.4, -0.2) is 26.3 Å². The van der Waals surface area contributed by atoms with Gasteiger partial charge in [-0.1, -0.05) is 0 Å². The van der Waals surface area contributed by atoms with Crippen molar-refractivity contribution < 1.29 is 4.74 Å². The van der Waals surface area contributed by atoms with Crippen molar-refractivity contribution in [1.82, 2.24) is 5.32 Å². The van der Waals surface area contributed by atoms with Crippen LogP contribution in [0, 0.1) is 11.8 Å². The highest BCUT2D eigenvalue weighted by molar-refractivity contribution is 4.97. The number of ether oxygens (including phenoxy) is 1. The summed E-state index contributed by atoms with van der Waals surface area (Å²) < 4.78 is 5.25. The Balaban J connectivity index is 3.46. The summed E-state index contributed by atoms with van der Waals surface area (Å²) in [5.41, 5.74) is 0. The molecule has 1 unspecified atom stereocenters. The standard InChI is InChI=1S/C9H17NO/c1-4-6-7-9(10-3)8-11-5-2/h9-10H,5,7-8H2,1-3H3. The van der Waals surface area contributed by atoms with Crippen LogP contribution >= 0.6 is 0 Å². The van der Waals surface area contributed by atoms with Crippen molar-refractivity contribution in [3.8, 4) is 11.8 Å². The molecule has 11 heavy (non-hydrogen) atoms. The van der Waals surface area contributed by atoms with E-state index in [1.807, 2.05) is 20.9 Å². The van der Waals surface area contributed by atoms with Gasteiger partial charge in [0.1, 0.15) is 0 Å². The van der Waals surface area contributed by atoms with Crippen LogP contribution in [0.1, 0.15) is 20.3 Å². The third-order valence-corrected chi connectivity index (χ3v) is 1.46. The lowest BCUT2D eigenvalue weighted by Crippen LogP contribution is -2.29. The molecule has 2 nitrogen and oxygen atoms in total. The molecule has 64 valence electrons. The summed E-state index contributed by atoms with van der Waals surface area (Å²) in [6.07, 6.45) is 0.868. The molecule has 0 rings (SSSR count). The van der Waals surface area contributed by atoms with E-state index in [4.69, 9.17) is 4.74 Å². The molecule has 0 radical (unpaired) electrons. The molecule has 0 saturated heterocycles. The number of rotatable bonds is 5. The summed E-state index contributed by atoms with van der Waals surface area (Å²) in [5, 5.41) is 3.14. The van der Waals surface area contributed by atoms with Gasteiger partial charge in [-0.2, -0.15) is 0 Å². The molecule has 0 aromatic carbocycles. The van der Waals surface area contributed by atoms with Crippen molar-refractivity contribution in [2.24, 2.45) is 0 Å². The fraction of sp³-hybridized carbons (Fsp3) is 0.778. The lowest BCUT2D eigenvalue weighted by Gasteiger charge is -2.11. The summed E-state index contributed by atoms with van der Waals surface area (Å²) in [6, 6.07) is 0.377. The average molecular weight is 155 g/mol. The van der Waals surface area contributed by atoms with E-state index in [2.05, 4.69) is 17.2 Å². The van der Waals surface area contributed by atoms with Crippen molar-refractivity contribution >= 4 is 0 Å². The largest absolute Gasteiger partial charge is 0.380 e. The van der Waals surface area contributed by atoms with E-state index in [0.29, 0.717) is 6.04 Å². The van der Waals surface area contributed by atoms with Crippen LogP contribution in [0.4, 0.5) is 0 Å². The summed E-state index contributed by atoms with van der Waals surface area (Å²) >= 11 is 0. The first-order valence-corrected chi connectivity index (χ1v) is 3.99. The van der Waals surface area contributed by atoms with Gasteiger partial charge in [-0.3, -0.25) is 0 Å². The SMILES string of the molecule is CC#CCC(COCC)NC. The lowest BCUT2D eigenvalue weighted by molar-refractivity contribution is 0.126. The molecule has 0 saturated carbocycles. The molecule has 1 atom stereocenters. The van der Waals surface area contributed by atoms with E-state index in [1.54, 1.807) is 0 Å². The Morgan fingerprint density at radius 2 is 2.27 bits per heavy atom. The van der Waals surface area contributed by atoms with Crippen LogP contribution in [0.5, 0.6) is 0 Å². The van der Waals surface area contributed by atoms with Gasteiger partial charge in [0.2, 0.25) is 0 Å². The minimum atomic E-state index is 0.377. The topological polar surface area (TPSA) is 21.3 Å². The highest BCUT2D eigenvalue weighted by Crippen LogP contribution is 1.90. The Morgan fingerprint density at radius 1 is 1.55 bits per heavy atom. The maximum absolute atomic E-state index is 5.25. The molecular formula is C9H17NO. The quantitative estimate of drug-likeness (QED) is 0.599. The van der Waals surface area contributed by atoms with Gasteiger partial charge in [0.15, 0.2) is 0 Å². The van der Waals surface area contributed by atoms with Gasteiger partial charge in [-0.05, 0) is 20.9 Å². The summed E-state index contributed by atoms with van der Waals surface area (Å²) in [6.45, 7) is 5.38. The van der Waals surface area contributed by atoms with Crippen LogP contribution in [-0.2, 0) is 4.74 Å². The highest BCUT2D eigenvalue weighted by Gasteiger charge is 2.01. The van der Waals surface area contributed by atoms with E-state index in [-0.39, 0.29) is 0 Å². The molecule has 0 aliphatic rings. The smallest absolute Gasteiger partial charge is 0.0628 e. The Labute approximate surface area is 69.3 Å². The van der Waals surface area contributed by atoms with Gasteiger partial charge in [0.25, 0.3) is 0 Å². The molecule has 0 fully saturated rings. The fourth-order valence-electron chi connectivity index (χ4n) is 0.730. The van der Waals surface area contributed by atoms with Crippen molar-refractivity contribution in [3.05, 3.63) is 0 Å². The molecule has 0 spiro atoms. The Kier molecular flexibility index (Phi) is 7.23. The molecule has 2 heteroatoms. The first-order chi connectivity index (χ1) is 5.35. The van der Waals surface area contributed by atoms with Crippen molar-refractivity contribution in [2.45, 2.75) is 26.3 Å². The average Bonchev–Trinajstić information content (AvgIpc) is 2.05. The van der Waals surface area contributed by atoms with Gasteiger partial charge in [-0.25, -0.2) is 0 Å². The van der Waals surface area contributed by atoms with E-state index >= 15 is 0 Å². The molecule has 0 aromatic heterocycles. The first-order valence-electron chi connectivity index (χ1n) is 3.99. The predicted octanol–water partition coefficient (Wildman–Crippen LogP) is 1.02. The van der Waals surface area contributed by atoms with Crippen molar-refractivity contribution in [3.63, 3.8) is 0 Å². The molecular weight excluding hydrogens is 138 g/mol. The maximum atomic E-state index is 5.25. The summed E-state index contributed by atoms with van der Waals surface area (Å²) in [5.74, 6) is 5.88. The molecule has 0 bridgehead atoms. The Morgan fingerprint density at radius 3 is 2.73 bits per heavy atom. The van der Waals surface area contributed by atoms with E-state index in [1.165, 1.54) is 0 Å². The summed E-state index contributed by atoms with van der Waals surface area (Å²) in [4.78, 5) is 0. The minimum absolute atomic E-state index is 0.377. The summed E-state index contributed by atoms with van der Waals surface area (Å²) in [7, 11) is 1.93. The van der Waals surface area contributed by atoms with Gasteiger partial charge >= 0.3 is 0 Å². The zero-order valence-corrected chi connectivity index (χ0v) is 7.61. The van der Waals surface area contributed by atoms with Crippen molar-refractivity contribution in [1.29, 1.82) is 0 Å². The molecule has 0 aliphatic heterocycles. The molecule has 1 N–H and O–H groups in total. The zero-order valence-electron chi connectivity index (χ0n) is 7.61. The molecule has 0 aromatic rings. The monoisotopic (exact) mass is 155 g/mol. The fourth-order valence-corrected chi connectivity index (χ4v) is 0.730. The predicted molar refractivity (Wildman–Crippen MR) is 47.4 cm³/mol. The third-order valence-electron chi connectivity index (χ3n) is 1.46. The van der Waals surface area contributed by atoms with Gasteiger partial charge in [-0.15, -0.1) is 11.8 Å². The first kappa shape index (κ1) is 10.5. The van der Waals surface area contributed by atoms with Crippen LogP contribution in [0.25, 0.3) is 0 Å². The second-order valence-corrected chi connectivity index (χ2v) is 2.28. The third kappa shape index (κ3) is 5.90. The van der Waals surface area contributed by atoms with Crippen LogP contribution in [0.2, 0.25) is 0 Å². The molecule has 0 amide bonds. The van der Waals surface area contributed by atoms with Crippen LogP contribution in [0.3, 0.4) is 0 Å². The van der Waals surface area contributed by atoms with Gasteiger partial charge in [0, 0.05) is 19.1 Å². The van der Waals surface area contributed by atoms with Gasteiger partial charge in [0.05, 0.1) is 6.61 Å². The zero-order chi connectivity index (χ0) is 8.53. The van der Waals surface area contributed by atoms with E-state index < -0.39 is 0 Å². The lowest BCUT2D eigenvalue weighted by atomic mass is 10.2. The second kappa shape index (κ2) is 7.59. The number of hydrogen-bond donors (Lipinski definition) is 1. The van der Waals surface area contributed by atoms with Crippen molar-refractivity contribution in [2.75, 3.05) is 20.3 Å². The molecule has 0 heterocycles. The molecule has 0 aliphatic carbocycles. The number of hydrogen-bond acceptors (Lipinski definition) is 2. The van der Waals surface area contributed by atoms with E-state index in [0.717, 1.165) is 19.6 Å². The van der Waals surface area contributed by atoms with Gasteiger partial charge < -0.3 is 10.1 Å². The Hall–Kier alpha value is -0.520. The van der Waals surface area contributed by atoms with Crippen LogP contribution < -0.4 is 5.32 Å². The maximum Gasteiger partial charge on any atom is 0.0628 e. The number of likely N-dealkylation sites (N-methyl/N-ethyl adjacent to an activating group) is 1. The normalized spacial score (nSPS) is 11.9. The minimum Gasteiger partial charge on any atom is -0.380 e. The highest BCUT2D eigenvalue weighted by atomic mass is 16.5.